The first-order valence-corrected chi connectivity index (χ1v) is 7.47. The minimum atomic E-state index is 0.657. The number of nitrogens with one attached hydrogen (secondary N) is 2. The van der Waals surface area contributed by atoms with Gasteiger partial charge in [0.05, 0.1) is 0 Å². The molecule has 4 heteroatoms. The summed E-state index contributed by atoms with van der Waals surface area (Å²) in [5.41, 5.74) is 3.69. The number of benzene rings is 2. The lowest BCUT2D eigenvalue weighted by Crippen LogP contribution is -1.92. The number of nitrogens with zero attached hydrogens (tertiary/aromatic N) is 1. The van der Waals surface area contributed by atoms with Crippen LogP contribution in [0.1, 0.15) is 5.56 Å². The minimum Gasteiger partial charge on any atom is -0.351 e. The third kappa shape index (κ3) is 3.11. The Kier molecular flexibility index (Phi) is 4.15. The van der Waals surface area contributed by atoms with E-state index in [-0.39, 0.29) is 0 Å². The number of anilines is 1. The first-order chi connectivity index (χ1) is 11.2. The average Bonchev–Trinajstić information content (AvgIpc) is 3.13. The van der Waals surface area contributed by atoms with E-state index in [0.29, 0.717) is 6.41 Å². The molecule has 2 heterocycles. The topological polar surface area (TPSA) is 49.8 Å². The fraction of sp³-hybridized carbons (Fsp3) is 0.105. The Labute approximate surface area is 134 Å². The van der Waals surface area contributed by atoms with E-state index >= 15 is 0 Å². The van der Waals surface area contributed by atoms with Crippen LogP contribution in [0.4, 0.5) is 5.82 Å². The van der Waals surface area contributed by atoms with Crippen LogP contribution in [0.25, 0.3) is 21.8 Å². The highest BCUT2D eigenvalue weighted by atomic mass is 16.1. The second kappa shape index (κ2) is 6.40. The summed E-state index contributed by atoms with van der Waals surface area (Å²) in [7, 11) is 2.07. The van der Waals surface area contributed by atoms with Crippen molar-refractivity contribution in [1.82, 2.24) is 9.55 Å². The van der Waals surface area contributed by atoms with Gasteiger partial charge >= 0.3 is 0 Å². The third-order valence-corrected chi connectivity index (χ3v) is 3.89. The van der Waals surface area contributed by atoms with Gasteiger partial charge in [0.1, 0.15) is 5.82 Å². The van der Waals surface area contributed by atoms with Crippen LogP contribution in [0, 0.1) is 6.92 Å². The SMILES string of the molecule is Cc1cccc2c1ccn2C.O=CNc1cc2ccccc2[nH]1. The molecule has 2 N–H and O–H groups in total. The number of hydrogen-bond donors (Lipinski definition) is 2. The Morgan fingerprint density at radius 1 is 1.09 bits per heavy atom. The van der Waals surface area contributed by atoms with Gasteiger partial charge < -0.3 is 14.9 Å². The van der Waals surface area contributed by atoms with Gasteiger partial charge in [-0.05, 0) is 36.8 Å². The summed E-state index contributed by atoms with van der Waals surface area (Å²) in [5.74, 6) is 0.728. The van der Waals surface area contributed by atoms with Gasteiger partial charge in [-0.15, -0.1) is 0 Å². The van der Waals surface area contributed by atoms with Gasteiger partial charge in [0, 0.05) is 35.1 Å². The van der Waals surface area contributed by atoms with Gasteiger partial charge in [-0.1, -0.05) is 30.3 Å². The van der Waals surface area contributed by atoms with Gasteiger partial charge in [0.15, 0.2) is 0 Å². The molecule has 0 bridgehead atoms. The summed E-state index contributed by atoms with van der Waals surface area (Å²) in [6.45, 7) is 2.14. The van der Waals surface area contributed by atoms with Crippen LogP contribution in [-0.4, -0.2) is 16.0 Å². The molecular weight excluding hydrogens is 286 g/mol. The van der Waals surface area contributed by atoms with Crippen molar-refractivity contribution in [3.8, 4) is 0 Å². The van der Waals surface area contributed by atoms with E-state index in [2.05, 4.69) is 59.3 Å². The Hall–Kier alpha value is -3.01. The molecule has 0 unspecified atom stereocenters. The second-order valence-corrected chi connectivity index (χ2v) is 5.47. The maximum Gasteiger partial charge on any atom is 0.212 e. The van der Waals surface area contributed by atoms with E-state index in [1.54, 1.807) is 0 Å². The zero-order chi connectivity index (χ0) is 16.2. The van der Waals surface area contributed by atoms with Crippen LogP contribution in [0.15, 0.2) is 60.8 Å². The quantitative estimate of drug-likeness (QED) is 0.535. The lowest BCUT2D eigenvalue weighted by atomic mass is 10.1. The molecule has 0 saturated heterocycles. The predicted molar refractivity (Wildman–Crippen MR) is 95.6 cm³/mol. The van der Waals surface area contributed by atoms with Gasteiger partial charge in [0.25, 0.3) is 0 Å². The maximum absolute atomic E-state index is 10.1. The number of H-pyrrole nitrogens is 1. The molecule has 4 nitrogen and oxygen atoms in total. The maximum atomic E-state index is 10.1. The van der Waals surface area contributed by atoms with Crippen LogP contribution in [0.3, 0.4) is 0 Å². The molecule has 116 valence electrons. The van der Waals surface area contributed by atoms with Crippen LogP contribution in [0.5, 0.6) is 0 Å². The number of hydrogen-bond acceptors (Lipinski definition) is 1. The molecule has 0 aliphatic carbocycles. The minimum absolute atomic E-state index is 0.657. The number of para-hydroxylation sites is 1. The molecule has 1 amide bonds. The number of aromatic nitrogens is 2. The van der Waals surface area contributed by atoms with Crippen molar-refractivity contribution in [3.63, 3.8) is 0 Å². The Morgan fingerprint density at radius 2 is 1.91 bits per heavy atom. The summed E-state index contributed by atoms with van der Waals surface area (Å²) in [4.78, 5) is 13.2. The van der Waals surface area contributed by atoms with Gasteiger partial charge in [-0.25, -0.2) is 0 Å². The average molecular weight is 305 g/mol. The molecule has 2 aromatic heterocycles. The number of aromatic amines is 1. The molecule has 4 aromatic rings. The molecule has 0 spiro atoms. The van der Waals surface area contributed by atoms with Crippen molar-refractivity contribution in [3.05, 3.63) is 66.4 Å². The van der Waals surface area contributed by atoms with E-state index in [1.165, 1.54) is 16.5 Å². The van der Waals surface area contributed by atoms with E-state index < -0.39 is 0 Å². The lowest BCUT2D eigenvalue weighted by molar-refractivity contribution is -0.105. The van der Waals surface area contributed by atoms with Crippen molar-refractivity contribution < 1.29 is 4.79 Å². The molecule has 0 aliphatic heterocycles. The number of aryl methyl sites for hydroxylation is 2. The van der Waals surface area contributed by atoms with Crippen molar-refractivity contribution >= 4 is 34.0 Å². The smallest absolute Gasteiger partial charge is 0.212 e. The summed E-state index contributed by atoms with van der Waals surface area (Å²) in [5, 5.41) is 5.02. The first kappa shape index (κ1) is 14.9. The van der Waals surface area contributed by atoms with E-state index in [9.17, 15) is 4.79 Å². The van der Waals surface area contributed by atoms with Crippen LogP contribution in [0.2, 0.25) is 0 Å². The zero-order valence-electron chi connectivity index (χ0n) is 13.2. The summed E-state index contributed by atoms with van der Waals surface area (Å²) < 4.78 is 2.14. The Balaban J connectivity index is 0.000000136. The third-order valence-electron chi connectivity index (χ3n) is 3.89. The highest BCUT2D eigenvalue weighted by Crippen LogP contribution is 2.18. The second-order valence-electron chi connectivity index (χ2n) is 5.47. The van der Waals surface area contributed by atoms with Crippen molar-refractivity contribution in [2.75, 3.05) is 5.32 Å². The first-order valence-electron chi connectivity index (χ1n) is 7.47. The highest BCUT2D eigenvalue weighted by molar-refractivity contribution is 5.86. The largest absolute Gasteiger partial charge is 0.351 e. The fourth-order valence-corrected chi connectivity index (χ4v) is 2.67. The summed E-state index contributed by atoms with van der Waals surface area (Å²) in [6.07, 6.45) is 2.75. The molecule has 0 radical (unpaired) electrons. The Bertz CT molecular complexity index is 916. The van der Waals surface area contributed by atoms with Gasteiger partial charge in [-0.2, -0.15) is 0 Å². The van der Waals surface area contributed by atoms with Gasteiger partial charge in [0.2, 0.25) is 6.41 Å². The van der Waals surface area contributed by atoms with E-state index in [1.807, 2.05) is 30.3 Å². The van der Waals surface area contributed by atoms with E-state index in [0.717, 1.165) is 16.7 Å². The number of amides is 1. The summed E-state index contributed by atoms with van der Waals surface area (Å²) in [6, 6.07) is 18.3. The number of carbonyl (C=O) groups is 1. The molecule has 2 aromatic carbocycles. The molecule has 4 rings (SSSR count). The number of carbonyl (C=O) groups excluding carboxylic acids is 1. The molecule has 0 saturated carbocycles. The van der Waals surface area contributed by atoms with E-state index in [4.69, 9.17) is 0 Å². The highest BCUT2D eigenvalue weighted by Gasteiger charge is 1.98. The standard InChI is InChI=1S/C10H11N.C9H8N2O/c1-8-4-3-5-10-9(8)6-7-11(10)2;12-6-10-9-5-7-3-1-2-4-8(7)11-9/h3-7H,1-2H3;1-6,11H,(H,10,12). The number of rotatable bonds is 2. The molecule has 0 aliphatic rings. The molecule has 23 heavy (non-hydrogen) atoms. The zero-order valence-corrected chi connectivity index (χ0v) is 13.2. The van der Waals surface area contributed by atoms with Crippen molar-refractivity contribution in [1.29, 1.82) is 0 Å². The van der Waals surface area contributed by atoms with Crippen molar-refractivity contribution in [2.24, 2.45) is 7.05 Å². The normalized spacial score (nSPS) is 10.3. The van der Waals surface area contributed by atoms with Crippen LogP contribution < -0.4 is 5.32 Å². The van der Waals surface area contributed by atoms with Gasteiger partial charge in [-0.3, -0.25) is 4.79 Å². The fourth-order valence-electron chi connectivity index (χ4n) is 2.67. The summed E-state index contributed by atoms with van der Waals surface area (Å²) >= 11 is 0. The monoisotopic (exact) mass is 305 g/mol. The Morgan fingerprint density at radius 3 is 2.65 bits per heavy atom. The lowest BCUT2D eigenvalue weighted by Gasteiger charge is -1.96. The van der Waals surface area contributed by atoms with Crippen molar-refractivity contribution in [2.45, 2.75) is 6.92 Å². The molecular formula is C19H19N3O. The number of fused-ring (bicyclic) bond motifs is 2. The van der Waals surface area contributed by atoms with Crippen LogP contribution >= 0.6 is 0 Å². The molecule has 0 atom stereocenters. The predicted octanol–water partition coefficient (Wildman–Crippen LogP) is 4.22. The van der Waals surface area contributed by atoms with Crippen LogP contribution in [-0.2, 0) is 11.8 Å². The molecule has 0 fully saturated rings.